The summed E-state index contributed by atoms with van der Waals surface area (Å²) in [5, 5.41) is 7.46. The molecule has 0 spiro atoms. The van der Waals surface area contributed by atoms with Crippen LogP contribution in [-0.4, -0.2) is 4.57 Å². The molecule has 0 saturated carbocycles. The third-order valence-corrected chi connectivity index (χ3v) is 9.43. The molecule has 0 aliphatic carbocycles. The van der Waals surface area contributed by atoms with Crippen molar-refractivity contribution in [3.8, 4) is 16.8 Å². The Kier molecular flexibility index (Phi) is 6.39. The average molecular weight is 601 g/mol. The number of hydrogen-bond acceptors (Lipinski definition) is 1. The van der Waals surface area contributed by atoms with E-state index >= 15 is 0 Å². The third kappa shape index (κ3) is 4.41. The van der Waals surface area contributed by atoms with E-state index < -0.39 is 0 Å². The van der Waals surface area contributed by atoms with Gasteiger partial charge < -0.3 is 9.47 Å². The summed E-state index contributed by atoms with van der Waals surface area (Å²) in [5.74, 6) is 0. The highest BCUT2D eigenvalue weighted by Crippen LogP contribution is 2.48. The van der Waals surface area contributed by atoms with E-state index in [-0.39, 0.29) is 0 Å². The zero-order chi connectivity index (χ0) is 31.3. The smallest absolute Gasteiger partial charge is 0.0618 e. The quantitative estimate of drug-likeness (QED) is 0.178. The normalized spacial score (nSPS) is 11.5. The molecule has 9 aromatic rings. The lowest BCUT2D eigenvalue weighted by molar-refractivity contribution is 1.17. The summed E-state index contributed by atoms with van der Waals surface area (Å²) < 4.78 is 2.38. The fourth-order valence-corrected chi connectivity index (χ4v) is 7.31. The Morgan fingerprint density at radius 3 is 1.38 bits per heavy atom. The van der Waals surface area contributed by atoms with E-state index in [2.05, 4.69) is 192 Å². The van der Waals surface area contributed by atoms with Gasteiger partial charge in [0.2, 0.25) is 0 Å². The maximum atomic E-state index is 2.43. The first-order chi connectivity index (χ1) is 23.3. The molecular weight excluding hydrogens is 569 g/mol. The zero-order valence-corrected chi connectivity index (χ0v) is 26.1. The summed E-state index contributed by atoms with van der Waals surface area (Å²) in [4.78, 5) is 2.43. The van der Waals surface area contributed by atoms with Crippen molar-refractivity contribution in [1.29, 1.82) is 0 Å². The van der Waals surface area contributed by atoms with Gasteiger partial charge in [-0.1, -0.05) is 133 Å². The molecule has 8 aromatic carbocycles. The second-order valence-electron chi connectivity index (χ2n) is 12.2. The van der Waals surface area contributed by atoms with Crippen LogP contribution in [-0.2, 0) is 0 Å². The van der Waals surface area contributed by atoms with E-state index in [1.165, 1.54) is 65.7 Å². The lowest BCUT2D eigenvalue weighted by Crippen LogP contribution is -2.11. The number of anilines is 3. The van der Waals surface area contributed by atoms with Crippen molar-refractivity contribution in [3.05, 3.63) is 181 Å². The van der Waals surface area contributed by atoms with Crippen LogP contribution in [0, 0.1) is 6.92 Å². The molecule has 0 atom stereocenters. The topological polar surface area (TPSA) is 8.17 Å². The predicted molar refractivity (Wildman–Crippen MR) is 201 cm³/mol. The Morgan fingerprint density at radius 1 is 0.383 bits per heavy atom. The van der Waals surface area contributed by atoms with Gasteiger partial charge in [-0.2, -0.15) is 0 Å². The maximum absolute atomic E-state index is 2.43. The number of aryl methyl sites for hydroxylation is 1. The van der Waals surface area contributed by atoms with E-state index in [1.807, 2.05) is 0 Å². The number of aromatic nitrogens is 1. The number of benzene rings is 8. The Bertz CT molecular complexity index is 2450. The minimum atomic E-state index is 1.11. The molecule has 0 saturated heterocycles. The molecule has 0 aliphatic heterocycles. The van der Waals surface area contributed by atoms with Crippen LogP contribution < -0.4 is 4.90 Å². The minimum absolute atomic E-state index is 1.11. The molecule has 0 radical (unpaired) electrons. The number of rotatable bonds is 5. The highest BCUT2D eigenvalue weighted by atomic mass is 15.1. The molecule has 0 bridgehead atoms. The third-order valence-electron chi connectivity index (χ3n) is 9.43. The lowest BCUT2D eigenvalue weighted by atomic mass is 9.89. The van der Waals surface area contributed by atoms with E-state index in [4.69, 9.17) is 0 Å². The van der Waals surface area contributed by atoms with Crippen molar-refractivity contribution in [2.45, 2.75) is 6.92 Å². The minimum Gasteiger partial charge on any atom is -0.309 e. The van der Waals surface area contributed by atoms with E-state index in [0.717, 1.165) is 17.1 Å². The standard InChI is InChI=1S/C45H32N2/c1-31-23-25-32(26-24-31)44-38-17-5-7-19-40(38)45(41-20-8-6-18-39(41)44)46(33-13-3-2-4-14-33)34-27-29-35(30-28-34)47-42-21-11-9-15-36(42)37-16-10-12-22-43(37)47/h2-30H,1H3. The molecule has 0 fully saturated rings. The van der Waals surface area contributed by atoms with Crippen molar-refractivity contribution >= 4 is 60.4 Å². The molecule has 0 amide bonds. The molecule has 9 rings (SSSR count). The van der Waals surface area contributed by atoms with Crippen LogP contribution in [0.25, 0.3) is 60.2 Å². The number of hydrogen-bond donors (Lipinski definition) is 0. The molecule has 1 aromatic heterocycles. The van der Waals surface area contributed by atoms with Gasteiger partial charge in [0.25, 0.3) is 0 Å². The summed E-state index contributed by atoms with van der Waals surface area (Å²) in [5.41, 5.74) is 10.8. The molecule has 222 valence electrons. The van der Waals surface area contributed by atoms with Crippen LogP contribution in [0.2, 0.25) is 0 Å². The van der Waals surface area contributed by atoms with E-state index in [9.17, 15) is 0 Å². The lowest BCUT2D eigenvalue weighted by Gasteiger charge is -2.29. The molecule has 47 heavy (non-hydrogen) atoms. The van der Waals surface area contributed by atoms with Crippen molar-refractivity contribution in [3.63, 3.8) is 0 Å². The summed E-state index contributed by atoms with van der Waals surface area (Å²) >= 11 is 0. The van der Waals surface area contributed by atoms with Crippen LogP contribution in [0.5, 0.6) is 0 Å². The van der Waals surface area contributed by atoms with Crippen molar-refractivity contribution < 1.29 is 0 Å². The monoisotopic (exact) mass is 600 g/mol. The Morgan fingerprint density at radius 2 is 0.830 bits per heavy atom. The van der Waals surface area contributed by atoms with Gasteiger partial charge in [0.05, 0.1) is 16.7 Å². The largest absolute Gasteiger partial charge is 0.309 e. The average Bonchev–Trinajstić information content (AvgIpc) is 3.47. The van der Waals surface area contributed by atoms with Gasteiger partial charge in [-0.15, -0.1) is 0 Å². The van der Waals surface area contributed by atoms with Gasteiger partial charge >= 0.3 is 0 Å². The molecule has 2 heteroatoms. The number of nitrogens with zero attached hydrogens (tertiary/aromatic N) is 2. The van der Waals surface area contributed by atoms with Crippen LogP contribution in [0.1, 0.15) is 5.56 Å². The second kappa shape index (κ2) is 11.0. The summed E-state index contributed by atoms with van der Waals surface area (Å²) in [6.07, 6.45) is 0. The van der Waals surface area contributed by atoms with Crippen LogP contribution >= 0.6 is 0 Å². The Balaban J connectivity index is 1.30. The first-order valence-corrected chi connectivity index (χ1v) is 16.2. The number of fused-ring (bicyclic) bond motifs is 5. The first kappa shape index (κ1) is 27.2. The predicted octanol–water partition coefficient (Wildman–Crippen LogP) is 12.5. The molecule has 0 aliphatic rings. The zero-order valence-electron chi connectivity index (χ0n) is 26.1. The fraction of sp³-hybridized carbons (Fsp3) is 0.0222. The summed E-state index contributed by atoms with van der Waals surface area (Å²) in [6, 6.07) is 63.8. The van der Waals surface area contributed by atoms with Gasteiger partial charge in [0, 0.05) is 38.6 Å². The summed E-state index contributed by atoms with van der Waals surface area (Å²) in [7, 11) is 0. The molecule has 0 N–H and O–H groups in total. The van der Waals surface area contributed by atoms with Crippen molar-refractivity contribution in [1.82, 2.24) is 4.57 Å². The highest BCUT2D eigenvalue weighted by molar-refractivity contribution is 6.22. The van der Waals surface area contributed by atoms with Gasteiger partial charge in [0.1, 0.15) is 0 Å². The van der Waals surface area contributed by atoms with Gasteiger partial charge in [-0.25, -0.2) is 0 Å². The van der Waals surface area contributed by atoms with Gasteiger partial charge in [-0.3, -0.25) is 0 Å². The maximum Gasteiger partial charge on any atom is 0.0618 e. The molecule has 1 heterocycles. The Hall–Kier alpha value is -6.12. The van der Waals surface area contributed by atoms with Crippen LogP contribution in [0.4, 0.5) is 17.1 Å². The number of para-hydroxylation sites is 3. The first-order valence-electron chi connectivity index (χ1n) is 16.2. The van der Waals surface area contributed by atoms with E-state index in [0.29, 0.717) is 0 Å². The van der Waals surface area contributed by atoms with Gasteiger partial charge in [-0.05, 0) is 77.4 Å². The molecular formula is C45H32N2. The van der Waals surface area contributed by atoms with Gasteiger partial charge in [0.15, 0.2) is 0 Å². The molecule has 2 nitrogen and oxygen atoms in total. The fourth-order valence-electron chi connectivity index (χ4n) is 7.31. The van der Waals surface area contributed by atoms with Crippen molar-refractivity contribution in [2.75, 3.05) is 4.90 Å². The molecule has 0 unspecified atom stereocenters. The van der Waals surface area contributed by atoms with Crippen LogP contribution in [0.15, 0.2) is 176 Å². The van der Waals surface area contributed by atoms with E-state index in [1.54, 1.807) is 0 Å². The Labute approximate surface area is 274 Å². The second-order valence-corrected chi connectivity index (χ2v) is 12.2. The SMILES string of the molecule is Cc1ccc(-c2c3ccccc3c(N(c3ccccc3)c3ccc(-n4c5ccccc5c5ccccc54)cc3)c3ccccc23)cc1. The van der Waals surface area contributed by atoms with Crippen molar-refractivity contribution in [2.24, 2.45) is 0 Å². The highest BCUT2D eigenvalue weighted by Gasteiger charge is 2.22. The van der Waals surface area contributed by atoms with Crippen LogP contribution in [0.3, 0.4) is 0 Å². The summed E-state index contributed by atoms with van der Waals surface area (Å²) in [6.45, 7) is 2.15.